The quantitative estimate of drug-likeness (QED) is 0.575. The number of oxazole rings is 1. The zero-order valence-corrected chi connectivity index (χ0v) is 10.8. The molecule has 0 radical (unpaired) electrons. The van der Waals surface area contributed by atoms with Crippen molar-refractivity contribution in [2.45, 2.75) is 6.92 Å². The van der Waals surface area contributed by atoms with E-state index in [-0.39, 0.29) is 0 Å². The van der Waals surface area contributed by atoms with Crippen molar-refractivity contribution in [1.82, 2.24) is 14.4 Å². The highest BCUT2D eigenvalue weighted by Crippen LogP contribution is 2.23. The van der Waals surface area contributed by atoms with Gasteiger partial charge < -0.3 is 8.82 Å². The Labute approximate surface area is 113 Å². The highest BCUT2D eigenvalue weighted by Gasteiger charge is 2.08. The van der Waals surface area contributed by atoms with Gasteiger partial charge in [-0.25, -0.2) is 9.78 Å². The summed E-state index contributed by atoms with van der Waals surface area (Å²) in [7, 11) is 0. The lowest BCUT2D eigenvalue weighted by Crippen LogP contribution is -1.92. The number of hydrogen-bond donors (Lipinski definition) is 1. The maximum atomic E-state index is 11.2. The number of benzene rings is 1. The molecule has 4 aromatic rings. The maximum Gasteiger partial charge on any atom is 0.417 e. The Bertz CT molecular complexity index is 991. The third-order valence-corrected chi connectivity index (χ3v) is 3.41. The first-order valence-corrected chi connectivity index (χ1v) is 6.29. The summed E-state index contributed by atoms with van der Waals surface area (Å²) in [6.45, 7) is 2.03. The summed E-state index contributed by atoms with van der Waals surface area (Å²) >= 11 is 0. The third kappa shape index (κ3) is 1.56. The minimum absolute atomic E-state index is 0.442. The number of fused-ring (bicyclic) bond motifs is 2. The molecular formula is C15H11N3O2. The summed E-state index contributed by atoms with van der Waals surface area (Å²) < 4.78 is 7.12. The van der Waals surface area contributed by atoms with Gasteiger partial charge in [-0.05, 0) is 31.2 Å². The molecule has 0 aliphatic heterocycles. The SMILES string of the molecule is Cc1cccc2nc(-c3ccc4[nH]c(=O)oc4c3)cn12. The maximum absolute atomic E-state index is 11.2. The molecule has 0 saturated heterocycles. The first-order valence-electron chi connectivity index (χ1n) is 6.29. The van der Waals surface area contributed by atoms with Gasteiger partial charge in [0.25, 0.3) is 0 Å². The van der Waals surface area contributed by atoms with E-state index >= 15 is 0 Å². The standard InChI is InChI=1S/C15H11N3O2/c1-9-3-2-4-14-16-12(8-18(9)14)10-5-6-11-13(7-10)20-15(19)17-11/h2-8H,1H3,(H,17,19). The highest BCUT2D eigenvalue weighted by atomic mass is 16.4. The molecule has 0 spiro atoms. The number of aromatic amines is 1. The fourth-order valence-electron chi connectivity index (χ4n) is 2.39. The molecule has 0 unspecified atom stereocenters. The predicted octanol–water partition coefficient (Wildman–Crippen LogP) is 2.74. The van der Waals surface area contributed by atoms with Gasteiger partial charge >= 0.3 is 5.76 Å². The van der Waals surface area contributed by atoms with Gasteiger partial charge in [0.1, 0.15) is 5.65 Å². The van der Waals surface area contributed by atoms with E-state index in [0.29, 0.717) is 11.1 Å². The molecule has 20 heavy (non-hydrogen) atoms. The summed E-state index contributed by atoms with van der Waals surface area (Å²) in [5.41, 5.74) is 5.03. The molecule has 4 rings (SSSR count). The number of rotatable bonds is 1. The van der Waals surface area contributed by atoms with Crippen LogP contribution in [0.2, 0.25) is 0 Å². The summed E-state index contributed by atoms with van der Waals surface area (Å²) in [5.74, 6) is -0.442. The molecule has 0 fully saturated rings. The van der Waals surface area contributed by atoms with Crippen molar-refractivity contribution in [3.05, 3.63) is 58.8 Å². The molecule has 0 aliphatic rings. The average Bonchev–Trinajstić information content (AvgIpc) is 3.00. The van der Waals surface area contributed by atoms with Crippen LogP contribution in [-0.4, -0.2) is 14.4 Å². The number of pyridine rings is 1. The molecule has 0 atom stereocenters. The van der Waals surface area contributed by atoms with Crippen molar-refractivity contribution < 1.29 is 4.42 Å². The van der Waals surface area contributed by atoms with Gasteiger partial charge in [-0.1, -0.05) is 12.1 Å². The van der Waals surface area contributed by atoms with Crippen molar-refractivity contribution in [2.75, 3.05) is 0 Å². The molecule has 0 aliphatic carbocycles. The Hall–Kier alpha value is -2.82. The number of hydrogen-bond acceptors (Lipinski definition) is 3. The van der Waals surface area contributed by atoms with Gasteiger partial charge in [0.15, 0.2) is 5.58 Å². The average molecular weight is 265 g/mol. The molecular weight excluding hydrogens is 254 g/mol. The lowest BCUT2D eigenvalue weighted by molar-refractivity contribution is 0.555. The Balaban J connectivity index is 1.95. The normalized spacial score (nSPS) is 11.4. The van der Waals surface area contributed by atoms with Crippen LogP contribution in [0.15, 0.2) is 51.8 Å². The van der Waals surface area contributed by atoms with Gasteiger partial charge in [0.2, 0.25) is 0 Å². The van der Waals surface area contributed by atoms with E-state index in [1.165, 1.54) is 0 Å². The van der Waals surface area contributed by atoms with Crippen molar-refractivity contribution in [2.24, 2.45) is 0 Å². The van der Waals surface area contributed by atoms with E-state index in [9.17, 15) is 4.79 Å². The van der Waals surface area contributed by atoms with Crippen molar-refractivity contribution in [1.29, 1.82) is 0 Å². The second-order valence-electron chi connectivity index (χ2n) is 4.75. The minimum Gasteiger partial charge on any atom is -0.408 e. The molecule has 0 bridgehead atoms. The van der Waals surface area contributed by atoms with Crippen LogP contribution in [0.5, 0.6) is 0 Å². The number of H-pyrrole nitrogens is 1. The second kappa shape index (κ2) is 3.84. The zero-order valence-electron chi connectivity index (χ0n) is 10.8. The third-order valence-electron chi connectivity index (χ3n) is 3.41. The van der Waals surface area contributed by atoms with Crippen molar-refractivity contribution in [3.8, 4) is 11.3 Å². The van der Waals surface area contributed by atoms with Crippen molar-refractivity contribution in [3.63, 3.8) is 0 Å². The first-order chi connectivity index (χ1) is 9.70. The summed E-state index contributed by atoms with van der Waals surface area (Å²) in [6, 6.07) is 11.6. The Morgan fingerprint density at radius 1 is 1.25 bits per heavy atom. The predicted molar refractivity (Wildman–Crippen MR) is 75.8 cm³/mol. The molecule has 1 aromatic carbocycles. The number of imidazole rings is 1. The Kier molecular flexibility index (Phi) is 2.12. The zero-order chi connectivity index (χ0) is 13.7. The molecule has 0 saturated carbocycles. The van der Waals surface area contributed by atoms with Gasteiger partial charge in [-0.3, -0.25) is 4.98 Å². The number of aromatic nitrogens is 3. The molecule has 98 valence electrons. The summed E-state index contributed by atoms with van der Waals surface area (Å²) in [4.78, 5) is 18.4. The molecule has 5 heteroatoms. The van der Waals surface area contributed by atoms with Crippen LogP contribution >= 0.6 is 0 Å². The number of nitrogens with zero attached hydrogens (tertiary/aromatic N) is 2. The monoisotopic (exact) mass is 265 g/mol. The summed E-state index contributed by atoms with van der Waals surface area (Å²) in [6.07, 6.45) is 1.98. The number of aryl methyl sites for hydroxylation is 1. The van der Waals surface area contributed by atoms with E-state index in [0.717, 1.165) is 22.6 Å². The first kappa shape index (κ1) is 11.0. The van der Waals surface area contributed by atoms with Gasteiger partial charge in [0, 0.05) is 17.5 Å². The van der Waals surface area contributed by atoms with Crippen LogP contribution in [0.4, 0.5) is 0 Å². The molecule has 0 amide bonds. The van der Waals surface area contributed by atoms with Crippen molar-refractivity contribution >= 4 is 16.7 Å². The lowest BCUT2D eigenvalue weighted by atomic mass is 10.1. The molecule has 3 heterocycles. The highest BCUT2D eigenvalue weighted by molar-refractivity contribution is 5.79. The molecule has 5 nitrogen and oxygen atoms in total. The van der Waals surface area contributed by atoms with E-state index in [2.05, 4.69) is 9.97 Å². The topological polar surface area (TPSA) is 63.3 Å². The summed E-state index contributed by atoms with van der Waals surface area (Å²) in [5, 5.41) is 0. The molecule has 3 aromatic heterocycles. The fraction of sp³-hybridized carbons (Fsp3) is 0.0667. The van der Waals surface area contributed by atoms with Gasteiger partial charge in [-0.2, -0.15) is 0 Å². The van der Waals surface area contributed by atoms with Crippen LogP contribution in [0.25, 0.3) is 28.0 Å². The van der Waals surface area contributed by atoms with E-state index in [1.54, 1.807) is 0 Å². The van der Waals surface area contributed by atoms with Crippen LogP contribution in [0.1, 0.15) is 5.69 Å². The molecule has 1 N–H and O–H groups in total. The number of nitrogens with one attached hydrogen (secondary N) is 1. The van der Waals surface area contributed by atoms with Crippen LogP contribution in [0, 0.1) is 6.92 Å². The van der Waals surface area contributed by atoms with E-state index in [4.69, 9.17) is 4.42 Å². The van der Waals surface area contributed by atoms with Gasteiger partial charge in [-0.15, -0.1) is 0 Å². The van der Waals surface area contributed by atoms with Gasteiger partial charge in [0.05, 0.1) is 11.2 Å². The van der Waals surface area contributed by atoms with E-state index < -0.39 is 5.76 Å². The smallest absolute Gasteiger partial charge is 0.408 e. The lowest BCUT2D eigenvalue weighted by Gasteiger charge is -1.96. The van der Waals surface area contributed by atoms with E-state index in [1.807, 2.05) is 53.9 Å². The van der Waals surface area contributed by atoms with Crippen LogP contribution < -0.4 is 5.76 Å². The minimum atomic E-state index is -0.442. The second-order valence-corrected chi connectivity index (χ2v) is 4.75. The Morgan fingerprint density at radius 3 is 3.00 bits per heavy atom. The van der Waals surface area contributed by atoms with Crippen LogP contribution in [-0.2, 0) is 0 Å². The Morgan fingerprint density at radius 2 is 2.15 bits per heavy atom. The van der Waals surface area contributed by atoms with Crippen LogP contribution in [0.3, 0.4) is 0 Å². The largest absolute Gasteiger partial charge is 0.417 e. The fourth-order valence-corrected chi connectivity index (χ4v) is 2.39.